The minimum absolute atomic E-state index is 0.0114. The molecule has 0 aliphatic heterocycles. The molecule has 25 heavy (non-hydrogen) atoms. The van der Waals surface area contributed by atoms with Crippen LogP contribution in [0.25, 0.3) is 11.1 Å². The summed E-state index contributed by atoms with van der Waals surface area (Å²) in [5.41, 5.74) is 1.03. The molecule has 0 spiro atoms. The highest BCUT2D eigenvalue weighted by Gasteiger charge is 2.18. The second-order valence-electron chi connectivity index (χ2n) is 5.50. The van der Waals surface area contributed by atoms with E-state index in [1.807, 2.05) is 37.3 Å². The number of benzene rings is 1. The number of hydrogen-bond acceptors (Lipinski definition) is 6. The second kappa shape index (κ2) is 7.17. The Labute approximate surface area is 144 Å². The van der Waals surface area contributed by atoms with Gasteiger partial charge in [-0.3, -0.25) is 0 Å². The van der Waals surface area contributed by atoms with Gasteiger partial charge in [-0.05, 0) is 17.5 Å². The van der Waals surface area contributed by atoms with Crippen molar-refractivity contribution < 1.29 is 14.3 Å². The summed E-state index contributed by atoms with van der Waals surface area (Å²) in [6.07, 6.45) is 2.44. The molecule has 6 nitrogen and oxygen atoms in total. The van der Waals surface area contributed by atoms with Crippen molar-refractivity contribution in [2.45, 2.75) is 25.9 Å². The molecule has 1 aromatic carbocycles. The Morgan fingerprint density at radius 3 is 2.76 bits per heavy atom. The Bertz CT molecular complexity index is 951. The fourth-order valence-electron chi connectivity index (χ4n) is 2.63. The van der Waals surface area contributed by atoms with Gasteiger partial charge in [0.25, 0.3) is 0 Å². The number of aryl methyl sites for hydroxylation is 1. The first-order valence-electron chi connectivity index (χ1n) is 7.98. The van der Waals surface area contributed by atoms with E-state index >= 15 is 0 Å². The number of aromatic nitrogens is 2. The van der Waals surface area contributed by atoms with Crippen molar-refractivity contribution in [2.24, 2.45) is 0 Å². The zero-order valence-electron chi connectivity index (χ0n) is 13.8. The number of aromatic hydroxyl groups is 1. The van der Waals surface area contributed by atoms with Crippen LogP contribution in [0, 0.1) is 0 Å². The third-order valence-electron chi connectivity index (χ3n) is 3.83. The minimum Gasteiger partial charge on any atom is -0.493 e. The molecule has 1 atom stereocenters. The van der Waals surface area contributed by atoms with E-state index in [1.54, 1.807) is 6.08 Å². The van der Waals surface area contributed by atoms with E-state index in [0.717, 1.165) is 5.56 Å². The Balaban J connectivity index is 2.03. The van der Waals surface area contributed by atoms with Crippen LogP contribution in [0.4, 0.5) is 0 Å². The normalized spacial score (nSPS) is 12.0. The molecule has 0 aliphatic carbocycles. The Morgan fingerprint density at radius 1 is 1.32 bits per heavy atom. The summed E-state index contributed by atoms with van der Waals surface area (Å²) in [6, 6.07) is 10.8. The van der Waals surface area contributed by atoms with E-state index in [9.17, 15) is 9.90 Å². The van der Waals surface area contributed by atoms with Crippen LogP contribution in [0.1, 0.15) is 30.6 Å². The molecule has 2 heterocycles. The van der Waals surface area contributed by atoms with Crippen molar-refractivity contribution in [3.05, 3.63) is 70.6 Å². The average Bonchev–Trinajstić information content (AvgIpc) is 2.61. The zero-order chi connectivity index (χ0) is 17.8. The van der Waals surface area contributed by atoms with Gasteiger partial charge in [-0.2, -0.15) is 9.97 Å². The van der Waals surface area contributed by atoms with E-state index in [2.05, 4.69) is 16.5 Å². The largest absolute Gasteiger partial charge is 0.493 e. The van der Waals surface area contributed by atoms with Crippen molar-refractivity contribution in [3.8, 4) is 11.9 Å². The summed E-state index contributed by atoms with van der Waals surface area (Å²) in [4.78, 5) is 19.8. The molecule has 1 N–H and O–H groups in total. The van der Waals surface area contributed by atoms with E-state index in [4.69, 9.17) is 9.15 Å². The predicted octanol–water partition coefficient (Wildman–Crippen LogP) is 3.55. The Kier molecular flexibility index (Phi) is 4.79. The van der Waals surface area contributed by atoms with Crippen LogP contribution in [0.3, 0.4) is 0 Å². The third-order valence-corrected chi connectivity index (χ3v) is 3.83. The monoisotopic (exact) mass is 338 g/mol. The van der Waals surface area contributed by atoms with E-state index in [-0.39, 0.29) is 23.7 Å². The summed E-state index contributed by atoms with van der Waals surface area (Å²) < 4.78 is 10.9. The van der Waals surface area contributed by atoms with E-state index in [0.29, 0.717) is 23.8 Å². The van der Waals surface area contributed by atoms with Gasteiger partial charge in [-0.1, -0.05) is 43.3 Å². The van der Waals surface area contributed by atoms with Crippen LogP contribution in [0.5, 0.6) is 11.9 Å². The SMILES string of the molecule is C=CC[C@H](Oc1nc(O)c2c(CC)cc(=O)oc2n1)c1ccccc1. The van der Waals surface area contributed by atoms with Gasteiger partial charge in [0.15, 0.2) is 0 Å². The van der Waals surface area contributed by atoms with Gasteiger partial charge in [0.05, 0.1) is 0 Å². The molecule has 0 bridgehead atoms. The van der Waals surface area contributed by atoms with Crippen molar-refractivity contribution in [3.63, 3.8) is 0 Å². The Morgan fingerprint density at radius 2 is 2.08 bits per heavy atom. The molecule has 3 aromatic rings. The molecule has 2 aromatic heterocycles. The van der Waals surface area contributed by atoms with Gasteiger partial charge < -0.3 is 14.3 Å². The topological polar surface area (TPSA) is 85.5 Å². The lowest BCUT2D eigenvalue weighted by Gasteiger charge is -2.17. The van der Waals surface area contributed by atoms with Crippen LogP contribution >= 0.6 is 0 Å². The molecule has 0 radical (unpaired) electrons. The lowest BCUT2D eigenvalue weighted by molar-refractivity contribution is 0.189. The van der Waals surface area contributed by atoms with Gasteiger partial charge in [-0.25, -0.2) is 4.79 Å². The van der Waals surface area contributed by atoms with Gasteiger partial charge in [0.1, 0.15) is 11.5 Å². The molecular weight excluding hydrogens is 320 g/mol. The molecule has 128 valence electrons. The number of nitrogens with zero attached hydrogens (tertiary/aromatic N) is 2. The van der Waals surface area contributed by atoms with Gasteiger partial charge in [0, 0.05) is 12.5 Å². The van der Waals surface area contributed by atoms with Gasteiger partial charge >= 0.3 is 11.6 Å². The van der Waals surface area contributed by atoms with Crippen molar-refractivity contribution in [1.29, 1.82) is 0 Å². The van der Waals surface area contributed by atoms with Crippen LogP contribution in [0.15, 0.2) is 58.3 Å². The smallest absolute Gasteiger partial charge is 0.337 e. The first kappa shape index (κ1) is 16.7. The van der Waals surface area contributed by atoms with Crippen LogP contribution in [-0.2, 0) is 6.42 Å². The highest BCUT2D eigenvalue weighted by atomic mass is 16.5. The van der Waals surface area contributed by atoms with Gasteiger partial charge in [0.2, 0.25) is 11.6 Å². The lowest BCUT2D eigenvalue weighted by atomic mass is 10.1. The molecule has 0 aliphatic rings. The molecule has 0 fully saturated rings. The highest BCUT2D eigenvalue weighted by molar-refractivity contribution is 5.82. The maximum atomic E-state index is 11.7. The Hall–Kier alpha value is -3.15. The summed E-state index contributed by atoms with van der Waals surface area (Å²) in [6.45, 7) is 5.61. The maximum absolute atomic E-state index is 11.7. The third kappa shape index (κ3) is 3.52. The molecule has 0 saturated heterocycles. The quantitative estimate of drug-likeness (QED) is 0.692. The first-order valence-corrected chi connectivity index (χ1v) is 7.98. The molecule has 0 saturated carbocycles. The molecule has 0 unspecified atom stereocenters. The predicted molar refractivity (Wildman–Crippen MR) is 93.7 cm³/mol. The summed E-state index contributed by atoms with van der Waals surface area (Å²) >= 11 is 0. The van der Waals surface area contributed by atoms with Crippen molar-refractivity contribution in [1.82, 2.24) is 9.97 Å². The van der Waals surface area contributed by atoms with Gasteiger partial charge in [-0.15, -0.1) is 6.58 Å². The highest BCUT2D eigenvalue weighted by Crippen LogP contribution is 2.29. The zero-order valence-corrected chi connectivity index (χ0v) is 13.8. The number of rotatable bonds is 6. The average molecular weight is 338 g/mol. The van der Waals surface area contributed by atoms with Crippen molar-refractivity contribution >= 4 is 11.1 Å². The summed E-state index contributed by atoms with van der Waals surface area (Å²) in [5.74, 6) is -0.272. The van der Waals surface area contributed by atoms with Crippen LogP contribution in [0.2, 0.25) is 0 Å². The van der Waals surface area contributed by atoms with Crippen molar-refractivity contribution in [2.75, 3.05) is 0 Å². The molecule has 3 rings (SSSR count). The summed E-state index contributed by atoms with van der Waals surface area (Å²) in [7, 11) is 0. The van der Waals surface area contributed by atoms with E-state index in [1.165, 1.54) is 6.07 Å². The fraction of sp³-hybridized carbons (Fsp3) is 0.211. The number of hydrogen-bond donors (Lipinski definition) is 1. The minimum atomic E-state index is -0.529. The fourth-order valence-corrected chi connectivity index (χ4v) is 2.63. The van der Waals surface area contributed by atoms with E-state index < -0.39 is 5.63 Å². The number of ether oxygens (including phenoxy) is 1. The maximum Gasteiger partial charge on any atom is 0.337 e. The second-order valence-corrected chi connectivity index (χ2v) is 5.50. The van der Waals surface area contributed by atoms with Crippen LogP contribution in [-0.4, -0.2) is 15.1 Å². The molecule has 6 heteroatoms. The summed E-state index contributed by atoms with van der Waals surface area (Å²) in [5, 5.41) is 10.6. The molecule has 0 amide bonds. The number of fused-ring (bicyclic) bond motifs is 1. The van der Waals surface area contributed by atoms with Crippen LogP contribution < -0.4 is 10.4 Å². The standard InChI is InChI=1S/C19H18N2O4/c1-3-8-14(13-9-6-5-7-10-13)24-19-20-17(23)16-12(4-2)11-15(22)25-18(16)21-19/h3,5-7,9-11,14H,1,4,8H2,2H3,(H,20,21,23)/t14-/m0/s1. The molecular formula is C19H18N2O4. The first-order chi connectivity index (χ1) is 12.1. The lowest BCUT2D eigenvalue weighted by Crippen LogP contribution is -2.10.